The summed E-state index contributed by atoms with van der Waals surface area (Å²) in [5.41, 5.74) is 3.53. The van der Waals surface area contributed by atoms with Crippen molar-refractivity contribution in [3.8, 4) is 0 Å². The van der Waals surface area contributed by atoms with Crippen LogP contribution in [-0.2, 0) is 11.3 Å². The number of rotatable bonds is 4. The first-order chi connectivity index (χ1) is 12.5. The van der Waals surface area contributed by atoms with Crippen LogP contribution in [0.4, 0.5) is 0 Å². The minimum Gasteiger partial charge on any atom is -0.462 e. The van der Waals surface area contributed by atoms with Gasteiger partial charge in [0.1, 0.15) is 22.6 Å². The molecule has 0 aliphatic rings. The zero-order valence-corrected chi connectivity index (χ0v) is 15.8. The molecule has 8 nitrogen and oxygen atoms in total. The fraction of sp³-hybridized carbons (Fsp3) is 0.353. The maximum absolute atomic E-state index is 12.2. The molecule has 26 heavy (non-hydrogen) atoms. The van der Waals surface area contributed by atoms with Crippen LogP contribution in [0.5, 0.6) is 0 Å². The zero-order valence-electron chi connectivity index (χ0n) is 15.0. The van der Waals surface area contributed by atoms with Crippen molar-refractivity contribution in [2.24, 2.45) is 0 Å². The van der Waals surface area contributed by atoms with Crippen LogP contribution < -0.4 is 0 Å². The molecule has 0 N–H and O–H groups in total. The molecule has 0 fully saturated rings. The molecule has 0 saturated heterocycles. The smallest absolute Gasteiger partial charge is 0.348 e. The number of esters is 1. The number of nitrogens with zero attached hydrogens (tertiary/aromatic N) is 6. The number of thiophene rings is 1. The van der Waals surface area contributed by atoms with E-state index in [-0.39, 0.29) is 5.97 Å². The fourth-order valence-corrected chi connectivity index (χ4v) is 4.04. The first-order valence-corrected chi connectivity index (χ1v) is 9.11. The third-order valence-electron chi connectivity index (χ3n) is 4.17. The number of carbonyl (C=O) groups is 1. The van der Waals surface area contributed by atoms with Crippen molar-refractivity contribution in [1.29, 1.82) is 0 Å². The summed E-state index contributed by atoms with van der Waals surface area (Å²) in [6.07, 6.45) is 1.63. The number of hydrogen-bond donors (Lipinski definition) is 0. The highest BCUT2D eigenvalue weighted by atomic mass is 32.1. The number of ether oxygens (including phenoxy) is 1. The van der Waals surface area contributed by atoms with Gasteiger partial charge >= 0.3 is 5.97 Å². The average molecular weight is 370 g/mol. The number of fused-ring (bicyclic) bond motifs is 3. The molecule has 4 heterocycles. The van der Waals surface area contributed by atoms with E-state index >= 15 is 0 Å². The number of aryl methyl sites for hydroxylation is 3. The van der Waals surface area contributed by atoms with Crippen LogP contribution >= 0.6 is 11.3 Å². The highest BCUT2D eigenvalue weighted by molar-refractivity contribution is 7.20. The highest BCUT2D eigenvalue weighted by Gasteiger charge is 2.21. The second-order valence-electron chi connectivity index (χ2n) is 6.08. The molecule has 0 aromatic carbocycles. The monoisotopic (exact) mass is 370 g/mol. The minimum absolute atomic E-state index is 0.325. The number of carbonyl (C=O) groups excluding carboxylic acids is 1. The van der Waals surface area contributed by atoms with Crippen LogP contribution in [-0.4, -0.2) is 41.9 Å². The van der Waals surface area contributed by atoms with E-state index in [1.54, 1.807) is 17.8 Å². The topological polar surface area (TPSA) is 87.2 Å². The summed E-state index contributed by atoms with van der Waals surface area (Å²) < 4.78 is 8.66. The van der Waals surface area contributed by atoms with Crippen LogP contribution in [0.1, 0.15) is 39.4 Å². The predicted octanol–water partition coefficient (Wildman–Crippen LogP) is 2.69. The Kier molecular flexibility index (Phi) is 3.95. The maximum Gasteiger partial charge on any atom is 0.348 e. The molecule has 0 unspecified atom stereocenters. The molecule has 0 bridgehead atoms. The second-order valence-corrected chi connectivity index (χ2v) is 7.08. The summed E-state index contributed by atoms with van der Waals surface area (Å²) in [4.78, 5) is 22.6. The van der Waals surface area contributed by atoms with Gasteiger partial charge in [0.2, 0.25) is 0 Å². The van der Waals surface area contributed by atoms with Gasteiger partial charge in [0.25, 0.3) is 0 Å². The third-order valence-corrected chi connectivity index (χ3v) is 5.35. The van der Waals surface area contributed by atoms with E-state index in [4.69, 9.17) is 4.74 Å². The lowest BCUT2D eigenvalue weighted by molar-refractivity contribution is 0.0531. The molecule has 0 spiro atoms. The molecule has 0 aliphatic heterocycles. The minimum atomic E-state index is -0.325. The standard InChI is InChI=1S/C17H18N6O2S/c1-5-25-17(24)14-11(4)13-15-19-12(7-22-10(3)6-9(2)20-22)21-23(15)8-18-16(13)26-14/h6,8H,5,7H2,1-4H3. The van der Waals surface area contributed by atoms with Crippen LogP contribution in [0.15, 0.2) is 12.4 Å². The van der Waals surface area contributed by atoms with Gasteiger partial charge in [0.15, 0.2) is 11.5 Å². The van der Waals surface area contributed by atoms with E-state index < -0.39 is 0 Å². The van der Waals surface area contributed by atoms with E-state index in [1.165, 1.54) is 11.3 Å². The Morgan fingerprint density at radius 1 is 1.27 bits per heavy atom. The Morgan fingerprint density at radius 2 is 2.08 bits per heavy atom. The lowest BCUT2D eigenvalue weighted by Crippen LogP contribution is -2.05. The lowest BCUT2D eigenvalue weighted by atomic mass is 10.2. The van der Waals surface area contributed by atoms with Gasteiger partial charge in [-0.25, -0.2) is 19.3 Å². The predicted molar refractivity (Wildman–Crippen MR) is 97.7 cm³/mol. The summed E-state index contributed by atoms with van der Waals surface area (Å²) in [6, 6.07) is 2.02. The van der Waals surface area contributed by atoms with Crippen molar-refractivity contribution in [3.63, 3.8) is 0 Å². The molecule has 0 saturated carbocycles. The Hall–Kier alpha value is -2.81. The van der Waals surface area contributed by atoms with Gasteiger partial charge in [-0.2, -0.15) is 5.10 Å². The molecular formula is C17H18N6O2S. The van der Waals surface area contributed by atoms with Gasteiger partial charge in [0.05, 0.1) is 17.7 Å². The van der Waals surface area contributed by atoms with E-state index in [0.717, 1.165) is 27.2 Å². The average Bonchev–Trinajstić information content (AvgIpc) is 3.23. The largest absolute Gasteiger partial charge is 0.462 e. The summed E-state index contributed by atoms with van der Waals surface area (Å²) in [7, 11) is 0. The molecule has 0 aliphatic carbocycles. The maximum atomic E-state index is 12.2. The first kappa shape index (κ1) is 16.6. The van der Waals surface area contributed by atoms with E-state index in [9.17, 15) is 4.79 Å². The van der Waals surface area contributed by atoms with Gasteiger partial charge < -0.3 is 4.74 Å². The Morgan fingerprint density at radius 3 is 2.77 bits per heavy atom. The zero-order chi connectivity index (χ0) is 18.4. The van der Waals surface area contributed by atoms with Crippen molar-refractivity contribution in [3.05, 3.63) is 40.0 Å². The number of hydrogen-bond acceptors (Lipinski definition) is 7. The van der Waals surface area contributed by atoms with Gasteiger partial charge in [-0.1, -0.05) is 0 Å². The van der Waals surface area contributed by atoms with Crippen LogP contribution in [0, 0.1) is 20.8 Å². The second kappa shape index (κ2) is 6.17. The van der Waals surface area contributed by atoms with Crippen molar-refractivity contribution in [2.45, 2.75) is 34.2 Å². The summed E-state index contributed by atoms with van der Waals surface area (Å²) in [5, 5.41) is 9.81. The molecule has 4 aromatic rings. The van der Waals surface area contributed by atoms with Crippen molar-refractivity contribution in [1.82, 2.24) is 29.4 Å². The lowest BCUT2D eigenvalue weighted by Gasteiger charge is -1.99. The van der Waals surface area contributed by atoms with E-state index in [2.05, 4.69) is 20.2 Å². The van der Waals surface area contributed by atoms with Crippen LogP contribution in [0.3, 0.4) is 0 Å². The highest BCUT2D eigenvalue weighted by Crippen LogP contribution is 2.32. The molecule has 4 rings (SSSR count). The Balaban J connectivity index is 1.81. The van der Waals surface area contributed by atoms with Crippen LogP contribution in [0.2, 0.25) is 0 Å². The summed E-state index contributed by atoms with van der Waals surface area (Å²) in [6.45, 7) is 8.47. The van der Waals surface area contributed by atoms with E-state index in [0.29, 0.717) is 29.5 Å². The fourth-order valence-electron chi connectivity index (χ4n) is 3.01. The van der Waals surface area contributed by atoms with Gasteiger partial charge in [-0.3, -0.25) is 4.68 Å². The molecule has 9 heteroatoms. The molecule has 4 aromatic heterocycles. The van der Waals surface area contributed by atoms with E-state index in [1.807, 2.05) is 31.5 Å². The molecular weight excluding hydrogens is 352 g/mol. The van der Waals surface area contributed by atoms with Crippen molar-refractivity contribution in [2.75, 3.05) is 6.61 Å². The van der Waals surface area contributed by atoms with Crippen LogP contribution in [0.25, 0.3) is 15.9 Å². The molecule has 134 valence electrons. The van der Waals surface area contributed by atoms with Gasteiger partial charge in [0, 0.05) is 5.69 Å². The SMILES string of the molecule is CCOC(=O)c1sc2ncn3nc(Cn4nc(C)cc4C)nc3c2c1C. The van der Waals surface area contributed by atoms with Crippen molar-refractivity contribution < 1.29 is 9.53 Å². The number of aromatic nitrogens is 6. The Labute approximate surface area is 153 Å². The molecule has 0 radical (unpaired) electrons. The first-order valence-electron chi connectivity index (χ1n) is 8.29. The summed E-state index contributed by atoms with van der Waals surface area (Å²) in [5.74, 6) is 0.322. The quantitative estimate of drug-likeness (QED) is 0.513. The third kappa shape index (κ3) is 2.64. The van der Waals surface area contributed by atoms with Gasteiger partial charge in [-0.05, 0) is 39.3 Å². The van der Waals surface area contributed by atoms with Crippen molar-refractivity contribution >= 4 is 33.2 Å². The van der Waals surface area contributed by atoms with Gasteiger partial charge in [-0.15, -0.1) is 16.4 Å². The molecule has 0 atom stereocenters. The molecule has 0 amide bonds. The normalized spacial score (nSPS) is 11.5. The Bertz CT molecular complexity index is 1140. The summed E-state index contributed by atoms with van der Waals surface area (Å²) >= 11 is 1.32.